The van der Waals surface area contributed by atoms with E-state index >= 15 is 0 Å². The van der Waals surface area contributed by atoms with Crippen molar-refractivity contribution < 1.29 is 4.79 Å². The molecule has 3 heterocycles. The summed E-state index contributed by atoms with van der Waals surface area (Å²) in [5.41, 5.74) is 3.61. The zero-order valence-corrected chi connectivity index (χ0v) is 18.0. The summed E-state index contributed by atoms with van der Waals surface area (Å²) in [5, 5.41) is 2.96. The maximum absolute atomic E-state index is 12.7. The number of hydrogen-bond acceptors (Lipinski definition) is 6. The molecule has 0 bridgehead atoms. The number of piperazine rings is 1. The number of amides is 1. The van der Waals surface area contributed by atoms with E-state index in [-0.39, 0.29) is 11.5 Å². The molecule has 1 amide bonds. The minimum absolute atomic E-state index is 0.207. The predicted octanol–water partition coefficient (Wildman–Crippen LogP) is 1.89. The lowest BCUT2D eigenvalue weighted by atomic mass is 10.1. The van der Waals surface area contributed by atoms with Gasteiger partial charge in [-0.05, 0) is 43.7 Å². The van der Waals surface area contributed by atoms with Gasteiger partial charge in [-0.25, -0.2) is 4.98 Å². The second-order valence-electron chi connectivity index (χ2n) is 7.64. The molecule has 0 atom stereocenters. The van der Waals surface area contributed by atoms with E-state index in [9.17, 15) is 9.59 Å². The van der Waals surface area contributed by atoms with Gasteiger partial charge in [0, 0.05) is 45.3 Å². The number of imidazole rings is 1. The number of fused-ring (bicyclic) bond motifs is 3. The molecular weight excluding hydrogens is 386 g/mol. The number of aryl methyl sites for hydroxylation is 2. The Morgan fingerprint density at radius 1 is 1.10 bits per heavy atom. The summed E-state index contributed by atoms with van der Waals surface area (Å²) in [7, 11) is 0. The fourth-order valence-electron chi connectivity index (χ4n) is 3.75. The fraction of sp³-hybridized carbons (Fsp3) is 0.476. The molecule has 1 aliphatic rings. The standard InChI is InChI=1S/C21H27N5O2S/c1-4-24-7-9-25(10-8-24)6-5-22-20(28)18-13-19(27)26-17-12-15(3)14(2)11-16(17)23-21(26)29-18/h11-13H,4-10H2,1-3H3,(H,22,28). The molecule has 1 aromatic carbocycles. The zero-order chi connectivity index (χ0) is 20.5. The molecule has 7 nitrogen and oxygen atoms in total. The third-order valence-electron chi connectivity index (χ3n) is 5.76. The number of nitrogens with zero attached hydrogens (tertiary/aromatic N) is 4. The molecule has 1 fully saturated rings. The van der Waals surface area contributed by atoms with E-state index in [2.05, 4.69) is 27.0 Å². The van der Waals surface area contributed by atoms with Gasteiger partial charge in [-0.3, -0.25) is 18.9 Å². The van der Waals surface area contributed by atoms with Crippen LogP contribution in [0.4, 0.5) is 0 Å². The van der Waals surface area contributed by atoms with Crippen molar-refractivity contribution in [3.63, 3.8) is 0 Å². The number of carbonyl (C=O) groups excluding carboxylic acids is 1. The smallest absolute Gasteiger partial charge is 0.261 e. The highest BCUT2D eigenvalue weighted by atomic mass is 32.1. The van der Waals surface area contributed by atoms with Gasteiger partial charge in [0.25, 0.3) is 11.5 Å². The van der Waals surface area contributed by atoms with E-state index < -0.39 is 0 Å². The molecule has 1 aliphatic heterocycles. The van der Waals surface area contributed by atoms with Crippen LogP contribution in [-0.4, -0.2) is 70.9 Å². The van der Waals surface area contributed by atoms with Crippen molar-refractivity contribution in [1.82, 2.24) is 24.5 Å². The van der Waals surface area contributed by atoms with Gasteiger partial charge in [0.15, 0.2) is 4.96 Å². The molecule has 2 aromatic heterocycles. The van der Waals surface area contributed by atoms with E-state index in [0.29, 0.717) is 16.4 Å². The number of likely N-dealkylation sites (N-methyl/N-ethyl adjacent to an activating group) is 1. The van der Waals surface area contributed by atoms with Crippen molar-refractivity contribution in [3.05, 3.63) is 44.6 Å². The van der Waals surface area contributed by atoms with Crippen molar-refractivity contribution in [2.45, 2.75) is 20.8 Å². The summed E-state index contributed by atoms with van der Waals surface area (Å²) in [5.74, 6) is -0.207. The van der Waals surface area contributed by atoms with Crippen LogP contribution in [0.25, 0.3) is 16.0 Å². The van der Waals surface area contributed by atoms with Crippen LogP contribution in [0.3, 0.4) is 0 Å². The molecular formula is C21H27N5O2S. The first-order chi connectivity index (χ1) is 14.0. The molecule has 0 unspecified atom stereocenters. The monoisotopic (exact) mass is 413 g/mol. The second-order valence-corrected chi connectivity index (χ2v) is 8.64. The lowest BCUT2D eigenvalue weighted by Gasteiger charge is -2.33. The first-order valence-corrected chi connectivity index (χ1v) is 10.9. The summed E-state index contributed by atoms with van der Waals surface area (Å²) < 4.78 is 1.59. The highest BCUT2D eigenvalue weighted by Gasteiger charge is 2.17. The quantitative estimate of drug-likeness (QED) is 0.692. The number of hydrogen-bond donors (Lipinski definition) is 1. The molecule has 0 spiro atoms. The summed E-state index contributed by atoms with van der Waals surface area (Å²) >= 11 is 1.26. The molecule has 29 heavy (non-hydrogen) atoms. The number of carbonyl (C=O) groups is 1. The summed E-state index contributed by atoms with van der Waals surface area (Å²) in [4.78, 5) is 35.6. The molecule has 8 heteroatoms. The minimum Gasteiger partial charge on any atom is -0.350 e. The van der Waals surface area contributed by atoms with Crippen molar-refractivity contribution in [2.24, 2.45) is 0 Å². The molecule has 4 rings (SSSR count). The second kappa shape index (κ2) is 8.22. The average Bonchev–Trinajstić information content (AvgIpc) is 3.06. The molecule has 1 N–H and O–H groups in total. The molecule has 0 saturated carbocycles. The number of benzene rings is 1. The highest BCUT2D eigenvalue weighted by molar-refractivity contribution is 7.18. The Bertz CT molecular complexity index is 1110. The Balaban J connectivity index is 1.47. The maximum Gasteiger partial charge on any atom is 0.261 e. The van der Waals surface area contributed by atoms with E-state index in [4.69, 9.17) is 0 Å². The Kier molecular flexibility index (Phi) is 5.67. The summed E-state index contributed by atoms with van der Waals surface area (Å²) in [6.45, 7) is 12.9. The van der Waals surface area contributed by atoms with Gasteiger partial charge >= 0.3 is 0 Å². The van der Waals surface area contributed by atoms with Gasteiger partial charge < -0.3 is 10.2 Å². The van der Waals surface area contributed by atoms with Crippen LogP contribution in [-0.2, 0) is 0 Å². The number of rotatable bonds is 5. The van der Waals surface area contributed by atoms with Crippen LogP contribution in [0.15, 0.2) is 23.0 Å². The van der Waals surface area contributed by atoms with Crippen molar-refractivity contribution >= 4 is 33.2 Å². The first-order valence-electron chi connectivity index (χ1n) is 10.1. The maximum atomic E-state index is 12.7. The summed E-state index contributed by atoms with van der Waals surface area (Å²) in [6, 6.07) is 5.39. The highest BCUT2D eigenvalue weighted by Crippen LogP contribution is 2.22. The van der Waals surface area contributed by atoms with Crippen molar-refractivity contribution in [1.29, 1.82) is 0 Å². The van der Waals surface area contributed by atoms with Crippen LogP contribution < -0.4 is 10.9 Å². The lowest BCUT2D eigenvalue weighted by molar-refractivity contribution is 0.0941. The SMILES string of the molecule is CCN1CCN(CCNC(=O)c2cc(=O)n3c(nc4cc(C)c(C)cc43)s2)CC1. The molecule has 1 saturated heterocycles. The Morgan fingerprint density at radius 3 is 2.52 bits per heavy atom. The summed E-state index contributed by atoms with van der Waals surface area (Å²) in [6.07, 6.45) is 0. The predicted molar refractivity (Wildman–Crippen MR) is 117 cm³/mol. The van der Waals surface area contributed by atoms with Crippen LogP contribution >= 0.6 is 11.3 Å². The van der Waals surface area contributed by atoms with Gasteiger partial charge in [0.1, 0.15) is 4.88 Å². The topological polar surface area (TPSA) is 70.0 Å². The fourth-order valence-corrected chi connectivity index (χ4v) is 4.70. The van der Waals surface area contributed by atoms with Gasteiger partial charge in [-0.1, -0.05) is 18.3 Å². The van der Waals surface area contributed by atoms with E-state index in [1.807, 2.05) is 26.0 Å². The molecule has 3 aromatic rings. The van der Waals surface area contributed by atoms with Gasteiger partial charge in [0.05, 0.1) is 11.0 Å². The minimum atomic E-state index is -0.217. The van der Waals surface area contributed by atoms with Gasteiger partial charge in [0.2, 0.25) is 0 Å². The third-order valence-corrected chi connectivity index (χ3v) is 6.74. The molecule has 0 radical (unpaired) electrons. The van der Waals surface area contributed by atoms with Crippen LogP contribution in [0.2, 0.25) is 0 Å². The molecule has 0 aliphatic carbocycles. The van der Waals surface area contributed by atoms with Gasteiger partial charge in [-0.15, -0.1) is 0 Å². The average molecular weight is 414 g/mol. The van der Waals surface area contributed by atoms with E-state index in [1.165, 1.54) is 17.4 Å². The Hall–Kier alpha value is -2.29. The Labute approximate surface area is 174 Å². The normalized spacial score (nSPS) is 16.0. The first kappa shape index (κ1) is 20.0. The van der Waals surface area contributed by atoms with Crippen LogP contribution in [0.5, 0.6) is 0 Å². The Morgan fingerprint density at radius 2 is 1.79 bits per heavy atom. The van der Waals surface area contributed by atoms with Crippen molar-refractivity contribution in [2.75, 3.05) is 45.8 Å². The number of nitrogens with one attached hydrogen (secondary N) is 1. The molecule has 154 valence electrons. The van der Waals surface area contributed by atoms with Crippen LogP contribution in [0, 0.1) is 13.8 Å². The van der Waals surface area contributed by atoms with Crippen LogP contribution in [0.1, 0.15) is 27.7 Å². The third kappa shape index (κ3) is 4.05. The largest absolute Gasteiger partial charge is 0.350 e. The van der Waals surface area contributed by atoms with Crippen molar-refractivity contribution in [3.8, 4) is 0 Å². The van der Waals surface area contributed by atoms with E-state index in [1.54, 1.807) is 4.40 Å². The zero-order valence-electron chi connectivity index (χ0n) is 17.2. The van der Waals surface area contributed by atoms with Gasteiger partial charge in [-0.2, -0.15) is 0 Å². The number of aromatic nitrogens is 2. The van der Waals surface area contributed by atoms with E-state index in [0.717, 1.165) is 61.4 Å². The lowest BCUT2D eigenvalue weighted by Crippen LogP contribution is -2.48.